The molecule has 1 aromatic rings. The minimum atomic E-state index is -0.582. The molecule has 4 fully saturated rings. The number of carbonyl (C=O) groups excluding carboxylic acids is 4. The average Bonchev–Trinajstić information content (AvgIpc) is 3.22. The molecule has 1 N–H and O–H groups in total. The van der Waals surface area contributed by atoms with Gasteiger partial charge in [-0.1, -0.05) is 0 Å². The van der Waals surface area contributed by atoms with E-state index >= 15 is 0 Å². The molecule has 4 amide bonds. The second kappa shape index (κ2) is 10.0. The molecule has 5 aliphatic heterocycles. The first-order chi connectivity index (χ1) is 19.0. The summed E-state index contributed by atoms with van der Waals surface area (Å²) in [5, 5.41) is 2.37. The summed E-state index contributed by atoms with van der Waals surface area (Å²) >= 11 is 0. The number of benzene rings is 1. The molecule has 10 nitrogen and oxygen atoms in total. The number of anilines is 1. The fraction of sp³-hybridized carbons (Fsp3) is 0.667. The number of fused-ring (bicyclic) bond motifs is 1. The van der Waals surface area contributed by atoms with Crippen LogP contribution in [0.3, 0.4) is 0 Å². The van der Waals surface area contributed by atoms with Gasteiger partial charge < -0.3 is 19.4 Å². The molecule has 0 radical (unpaired) electrons. The van der Waals surface area contributed by atoms with E-state index in [4.69, 9.17) is 4.74 Å². The molecule has 1 unspecified atom stereocenters. The van der Waals surface area contributed by atoms with E-state index in [0.717, 1.165) is 76.2 Å². The minimum Gasteiger partial charge on any atom is -0.444 e. The van der Waals surface area contributed by atoms with Crippen molar-refractivity contribution in [1.82, 2.24) is 20.0 Å². The molecule has 1 atom stereocenters. The highest BCUT2D eigenvalue weighted by atomic mass is 16.6. The number of ether oxygens (including phenoxy) is 1. The molecule has 0 aliphatic carbocycles. The number of carbonyl (C=O) groups is 4. The molecule has 10 heteroatoms. The van der Waals surface area contributed by atoms with Gasteiger partial charge in [0.05, 0.1) is 0 Å². The SMILES string of the molecule is CC(C)(C)OC(=O)N1CCC2(CC1)CN(C1CCN(c3ccc4c(c3)CN(C3CCC(=O)NC3=O)C4=O)CC1)C2. The highest BCUT2D eigenvalue weighted by molar-refractivity contribution is 6.05. The first-order valence-electron chi connectivity index (χ1n) is 14.7. The molecule has 4 saturated heterocycles. The molecule has 0 aromatic heterocycles. The lowest BCUT2D eigenvalue weighted by Crippen LogP contribution is -2.64. The van der Waals surface area contributed by atoms with Crippen LogP contribution in [-0.4, -0.2) is 95.5 Å². The van der Waals surface area contributed by atoms with Crippen molar-refractivity contribution in [1.29, 1.82) is 0 Å². The van der Waals surface area contributed by atoms with Gasteiger partial charge in [-0.05, 0) is 82.1 Å². The van der Waals surface area contributed by atoms with Gasteiger partial charge >= 0.3 is 6.09 Å². The fourth-order valence-corrected chi connectivity index (χ4v) is 7.13. The Labute approximate surface area is 236 Å². The number of nitrogens with one attached hydrogen (secondary N) is 1. The predicted octanol–water partition coefficient (Wildman–Crippen LogP) is 2.75. The Hall–Kier alpha value is -3.14. The number of nitrogens with zero attached hydrogens (tertiary/aromatic N) is 4. The summed E-state index contributed by atoms with van der Waals surface area (Å²) in [5.74, 6) is -0.771. The van der Waals surface area contributed by atoms with Crippen LogP contribution in [0.4, 0.5) is 10.5 Å². The van der Waals surface area contributed by atoms with Gasteiger partial charge in [-0.2, -0.15) is 0 Å². The zero-order valence-corrected chi connectivity index (χ0v) is 23.9. The van der Waals surface area contributed by atoms with Crippen LogP contribution in [0.2, 0.25) is 0 Å². The van der Waals surface area contributed by atoms with Crippen molar-refractivity contribution >= 4 is 29.5 Å². The summed E-state index contributed by atoms with van der Waals surface area (Å²) < 4.78 is 5.56. The molecule has 6 rings (SSSR count). The third-order valence-electron chi connectivity index (χ3n) is 9.41. The number of hydrogen-bond donors (Lipinski definition) is 1. The van der Waals surface area contributed by atoms with Crippen LogP contribution in [0, 0.1) is 5.41 Å². The van der Waals surface area contributed by atoms with Crippen molar-refractivity contribution < 1.29 is 23.9 Å². The zero-order valence-electron chi connectivity index (χ0n) is 23.9. The van der Waals surface area contributed by atoms with Crippen molar-refractivity contribution in [3.05, 3.63) is 29.3 Å². The fourth-order valence-electron chi connectivity index (χ4n) is 7.13. The third-order valence-corrected chi connectivity index (χ3v) is 9.41. The van der Waals surface area contributed by atoms with Crippen LogP contribution in [0.1, 0.15) is 75.2 Å². The van der Waals surface area contributed by atoms with Crippen LogP contribution in [0.5, 0.6) is 0 Å². The molecule has 5 aliphatic rings. The molecule has 1 aromatic carbocycles. The number of likely N-dealkylation sites (tertiary alicyclic amines) is 2. The molecular weight excluding hydrogens is 510 g/mol. The molecule has 0 bridgehead atoms. The van der Waals surface area contributed by atoms with Crippen LogP contribution in [-0.2, 0) is 20.9 Å². The lowest BCUT2D eigenvalue weighted by Gasteiger charge is -2.57. The zero-order chi connectivity index (χ0) is 28.2. The third kappa shape index (κ3) is 5.18. The molecular formula is C30H41N5O5. The van der Waals surface area contributed by atoms with E-state index < -0.39 is 11.6 Å². The van der Waals surface area contributed by atoms with Crippen molar-refractivity contribution in [2.24, 2.45) is 5.41 Å². The number of hydrogen-bond acceptors (Lipinski definition) is 7. The van der Waals surface area contributed by atoms with E-state index in [1.165, 1.54) is 0 Å². The maximum atomic E-state index is 13.0. The number of piperidine rings is 3. The Morgan fingerprint density at radius 2 is 1.70 bits per heavy atom. The van der Waals surface area contributed by atoms with Crippen LogP contribution >= 0.6 is 0 Å². The van der Waals surface area contributed by atoms with Gasteiger partial charge in [-0.3, -0.25) is 24.6 Å². The molecule has 5 heterocycles. The van der Waals surface area contributed by atoms with Gasteiger partial charge in [0, 0.05) is 69.5 Å². The topological polar surface area (TPSA) is 102 Å². The van der Waals surface area contributed by atoms with E-state index in [1.807, 2.05) is 37.8 Å². The Kier molecular flexibility index (Phi) is 6.79. The lowest BCUT2D eigenvalue weighted by molar-refractivity contribution is -0.136. The smallest absolute Gasteiger partial charge is 0.410 e. The number of imide groups is 1. The highest BCUT2D eigenvalue weighted by Gasteiger charge is 2.48. The first kappa shape index (κ1) is 27.1. The van der Waals surface area contributed by atoms with Gasteiger partial charge in [0.15, 0.2) is 0 Å². The maximum Gasteiger partial charge on any atom is 0.410 e. The van der Waals surface area contributed by atoms with Crippen molar-refractivity contribution in [3.63, 3.8) is 0 Å². The Bertz CT molecular complexity index is 1200. The van der Waals surface area contributed by atoms with Crippen molar-refractivity contribution in [2.75, 3.05) is 44.2 Å². The van der Waals surface area contributed by atoms with Gasteiger partial charge in [0.1, 0.15) is 11.6 Å². The second-order valence-electron chi connectivity index (χ2n) is 13.3. The van der Waals surface area contributed by atoms with E-state index in [1.54, 1.807) is 4.90 Å². The summed E-state index contributed by atoms with van der Waals surface area (Å²) in [6.07, 6.45) is 4.77. The predicted molar refractivity (Wildman–Crippen MR) is 149 cm³/mol. The van der Waals surface area contributed by atoms with E-state index in [0.29, 0.717) is 30.0 Å². The summed E-state index contributed by atoms with van der Waals surface area (Å²) in [6, 6.07) is 6.04. The van der Waals surface area contributed by atoms with Crippen LogP contribution < -0.4 is 10.2 Å². The summed E-state index contributed by atoms with van der Waals surface area (Å²) in [7, 11) is 0. The van der Waals surface area contributed by atoms with Gasteiger partial charge in [-0.15, -0.1) is 0 Å². The number of rotatable bonds is 3. The summed E-state index contributed by atoms with van der Waals surface area (Å²) in [6.45, 7) is 11.9. The molecule has 0 saturated carbocycles. The molecule has 40 heavy (non-hydrogen) atoms. The minimum absolute atomic E-state index is 0.126. The van der Waals surface area contributed by atoms with Crippen molar-refractivity contribution in [2.45, 2.75) is 83.5 Å². The summed E-state index contributed by atoms with van der Waals surface area (Å²) in [4.78, 5) is 57.8. The number of amides is 4. The Morgan fingerprint density at radius 3 is 2.35 bits per heavy atom. The first-order valence-corrected chi connectivity index (χ1v) is 14.7. The Balaban J connectivity index is 0.986. The monoisotopic (exact) mass is 551 g/mol. The molecule has 1 spiro atoms. The van der Waals surface area contributed by atoms with Crippen LogP contribution in [0.15, 0.2) is 18.2 Å². The van der Waals surface area contributed by atoms with Crippen LogP contribution in [0.25, 0.3) is 0 Å². The van der Waals surface area contributed by atoms with Gasteiger partial charge in [-0.25, -0.2) is 4.79 Å². The second-order valence-corrected chi connectivity index (χ2v) is 13.3. The van der Waals surface area contributed by atoms with E-state index in [-0.39, 0.29) is 30.2 Å². The lowest BCUT2D eigenvalue weighted by atomic mass is 9.71. The quantitative estimate of drug-likeness (QED) is 0.577. The largest absolute Gasteiger partial charge is 0.444 e. The Morgan fingerprint density at radius 1 is 1.00 bits per heavy atom. The molecule has 216 valence electrons. The average molecular weight is 552 g/mol. The van der Waals surface area contributed by atoms with E-state index in [2.05, 4.69) is 21.2 Å². The highest BCUT2D eigenvalue weighted by Crippen LogP contribution is 2.43. The maximum absolute atomic E-state index is 13.0. The van der Waals surface area contributed by atoms with Crippen molar-refractivity contribution in [3.8, 4) is 0 Å². The summed E-state index contributed by atoms with van der Waals surface area (Å²) in [5.41, 5.74) is 2.63. The van der Waals surface area contributed by atoms with Gasteiger partial charge in [0.2, 0.25) is 11.8 Å². The normalized spacial score (nSPS) is 25.6. The van der Waals surface area contributed by atoms with Gasteiger partial charge in [0.25, 0.3) is 5.91 Å². The van der Waals surface area contributed by atoms with E-state index in [9.17, 15) is 19.2 Å². The standard InChI is InChI=1S/C30H41N5O5/c1-29(2,3)40-28(39)33-14-10-30(11-15-33)18-34(19-30)21-8-12-32(13-9-21)22-4-5-23-20(16-22)17-35(27(23)38)24-6-7-25(36)31-26(24)37/h4-5,16,21,24H,6-15,17-19H2,1-3H3,(H,31,36,37).